The van der Waals surface area contributed by atoms with Gasteiger partial charge in [-0.05, 0) is 24.6 Å². The highest BCUT2D eigenvalue weighted by Gasteiger charge is 2.40. The Morgan fingerprint density at radius 3 is 2.47 bits per heavy atom. The van der Waals surface area contributed by atoms with E-state index < -0.39 is 21.8 Å². The Balaban J connectivity index is 1.43. The maximum Gasteiger partial charge on any atom is 0.474 e. The van der Waals surface area contributed by atoms with Crippen molar-refractivity contribution < 1.29 is 22.2 Å². The van der Waals surface area contributed by atoms with Crippen molar-refractivity contribution in [2.45, 2.75) is 31.0 Å². The Morgan fingerprint density at radius 2 is 1.85 bits per heavy atom. The van der Waals surface area contributed by atoms with Gasteiger partial charge in [0.15, 0.2) is 0 Å². The molecule has 8 nitrogen and oxygen atoms in total. The zero-order valence-electron chi connectivity index (χ0n) is 18.5. The fourth-order valence-corrected chi connectivity index (χ4v) is 5.79. The number of carbonyl (C=O) groups excluding carboxylic acids is 1. The first-order chi connectivity index (χ1) is 16.1. The normalized spacial score (nSPS) is 18.0. The number of hydrogen-bond acceptors (Lipinski definition) is 8. The minimum absolute atomic E-state index is 0.0963. The van der Waals surface area contributed by atoms with E-state index in [1.807, 2.05) is 10.4 Å². The molecule has 3 aromatic rings. The SMILES string of the molecule is CCS(=O)(=NC(=O)C(F)(F)F)c1cnc(N2CCN(C(C)c3ccc4scnc4c3)CC2)nc1. The molecule has 2 unspecified atom stereocenters. The van der Waals surface area contributed by atoms with Crippen LogP contribution in [0.15, 0.2) is 45.4 Å². The molecule has 0 N–H and O–H groups in total. The van der Waals surface area contributed by atoms with Crippen LogP contribution in [0.4, 0.5) is 19.1 Å². The van der Waals surface area contributed by atoms with Crippen LogP contribution in [0.25, 0.3) is 10.2 Å². The van der Waals surface area contributed by atoms with Crippen molar-refractivity contribution in [2.24, 2.45) is 4.36 Å². The lowest BCUT2D eigenvalue weighted by atomic mass is 10.1. The van der Waals surface area contributed by atoms with Crippen LogP contribution in [-0.2, 0) is 14.5 Å². The van der Waals surface area contributed by atoms with Gasteiger partial charge in [0, 0.05) is 50.4 Å². The molecule has 4 rings (SSSR count). The van der Waals surface area contributed by atoms with Crippen LogP contribution >= 0.6 is 11.3 Å². The van der Waals surface area contributed by atoms with Crippen LogP contribution in [0.5, 0.6) is 0 Å². The lowest BCUT2D eigenvalue weighted by Gasteiger charge is -2.38. The van der Waals surface area contributed by atoms with Crippen LogP contribution < -0.4 is 4.90 Å². The third-order valence-electron chi connectivity index (χ3n) is 5.83. The van der Waals surface area contributed by atoms with Gasteiger partial charge in [0.1, 0.15) is 0 Å². The second-order valence-electron chi connectivity index (χ2n) is 7.82. The molecule has 1 saturated heterocycles. The number of piperazine rings is 1. The average molecular weight is 513 g/mol. The number of alkyl halides is 3. The number of halogens is 3. The molecule has 1 aromatic carbocycles. The van der Waals surface area contributed by atoms with Crippen LogP contribution in [-0.4, -0.2) is 68.1 Å². The highest BCUT2D eigenvalue weighted by Crippen LogP contribution is 2.27. The van der Waals surface area contributed by atoms with Gasteiger partial charge in [-0.15, -0.1) is 15.7 Å². The largest absolute Gasteiger partial charge is 0.474 e. The number of nitrogens with zero attached hydrogens (tertiary/aromatic N) is 6. The monoisotopic (exact) mass is 512 g/mol. The first kappa shape index (κ1) is 24.5. The molecule has 1 aliphatic rings. The smallest absolute Gasteiger partial charge is 0.338 e. The molecule has 0 radical (unpaired) electrons. The number of amides is 1. The van der Waals surface area contributed by atoms with Crippen molar-refractivity contribution in [1.29, 1.82) is 0 Å². The lowest BCUT2D eigenvalue weighted by Crippen LogP contribution is -2.47. The molecule has 13 heteroatoms. The fourth-order valence-electron chi connectivity index (χ4n) is 3.76. The number of fused-ring (bicyclic) bond motifs is 1. The topological polar surface area (TPSA) is 91.7 Å². The standard InChI is InChI=1S/C21H23F3N6O2S2/c1-3-34(32,28-19(31)21(22,23)24)16-11-25-20(26-12-16)30-8-6-29(7-9-30)14(2)15-4-5-18-17(10-15)27-13-33-18/h4-5,10-14H,3,6-9H2,1-2H3. The number of benzene rings is 1. The summed E-state index contributed by atoms with van der Waals surface area (Å²) in [7, 11) is -3.60. The first-order valence-corrected chi connectivity index (χ1v) is 13.2. The van der Waals surface area contributed by atoms with Crippen LogP contribution in [0.1, 0.15) is 25.5 Å². The van der Waals surface area contributed by atoms with Crippen molar-refractivity contribution in [3.8, 4) is 0 Å². The van der Waals surface area contributed by atoms with E-state index in [1.165, 1.54) is 24.9 Å². The molecular weight excluding hydrogens is 489 g/mol. The summed E-state index contributed by atoms with van der Waals surface area (Å²) in [5, 5.41) is 0. The molecule has 1 amide bonds. The van der Waals surface area contributed by atoms with Crippen molar-refractivity contribution in [3.63, 3.8) is 0 Å². The number of hydrogen-bond donors (Lipinski definition) is 0. The van der Waals surface area contributed by atoms with E-state index in [0.29, 0.717) is 19.0 Å². The molecule has 0 saturated carbocycles. The minimum Gasteiger partial charge on any atom is -0.338 e. The summed E-state index contributed by atoms with van der Waals surface area (Å²) in [6, 6.07) is 6.54. The van der Waals surface area contributed by atoms with Crippen molar-refractivity contribution in [3.05, 3.63) is 41.7 Å². The van der Waals surface area contributed by atoms with Gasteiger partial charge in [-0.3, -0.25) is 9.69 Å². The average Bonchev–Trinajstić information content (AvgIpc) is 3.31. The number of anilines is 1. The van der Waals surface area contributed by atoms with Gasteiger partial charge >= 0.3 is 12.1 Å². The van der Waals surface area contributed by atoms with E-state index in [4.69, 9.17) is 0 Å². The minimum atomic E-state index is -5.18. The van der Waals surface area contributed by atoms with Gasteiger partial charge in [0.05, 0.1) is 30.4 Å². The number of rotatable bonds is 5. The quantitative estimate of drug-likeness (QED) is 0.512. The highest BCUT2D eigenvalue weighted by atomic mass is 32.2. The van der Waals surface area contributed by atoms with Gasteiger partial charge in [0.2, 0.25) is 5.95 Å². The van der Waals surface area contributed by atoms with Gasteiger partial charge in [-0.2, -0.15) is 13.2 Å². The lowest BCUT2D eigenvalue weighted by molar-refractivity contribution is -0.169. The summed E-state index contributed by atoms with van der Waals surface area (Å²) < 4.78 is 54.7. The maximum atomic E-state index is 12.8. The third kappa shape index (κ3) is 5.05. The predicted octanol–water partition coefficient (Wildman–Crippen LogP) is 3.91. The Morgan fingerprint density at radius 1 is 1.18 bits per heavy atom. The molecule has 34 heavy (non-hydrogen) atoms. The summed E-state index contributed by atoms with van der Waals surface area (Å²) in [6.45, 7) is 6.40. The molecule has 2 atom stereocenters. The Kier molecular flexibility index (Phi) is 6.87. The third-order valence-corrected chi connectivity index (χ3v) is 8.83. The summed E-state index contributed by atoms with van der Waals surface area (Å²) in [4.78, 5) is 28.2. The van der Waals surface area contributed by atoms with E-state index in [-0.39, 0.29) is 16.7 Å². The second kappa shape index (κ2) is 9.55. The van der Waals surface area contributed by atoms with Crippen molar-refractivity contribution in [2.75, 3.05) is 36.8 Å². The van der Waals surface area contributed by atoms with E-state index >= 15 is 0 Å². The molecule has 1 aliphatic heterocycles. The summed E-state index contributed by atoms with van der Waals surface area (Å²) in [5.41, 5.74) is 4.03. The van der Waals surface area contributed by atoms with Gasteiger partial charge in [-0.1, -0.05) is 13.0 Å². The van der Waals surface area contributed by atoms with Gasteiger partial charge in [0.25, 0.3) is 0 Å². The van der Waals surface area contributed by atoms with Crippen LogP contribution in [0.3, 0.4) is 0 Å². The number of aromatic nitrogens is 3. The molecule has 0 spiro atoms. The van der Waals surface area contributed by atoms with Crippen LogP contribution in [0, 0.1) is 0 Å². The molecule has 1 fully saturated rings. The zero-order valence-corrected chi connectivity index (χ0v) is 20.2. The molecular formula is C21H23F3N6O2S2. The number of carbonyl (C=O) groups is 1. The zero-order chi connectivity index (χ0) is 24.5. The Labute approximate surface area is 199 Å². The van der Waals surface area contributed by atoms with E-state index in [9.17, 15) is 22.2 Å². The molecule has 2 aromatic heterocycles. The predicted molar refractivity (Wildman–Crippen MR) is 124 cm³/mol. The van der Waals surface area contributed by atoms with Gasteiger partial charge in [-0.25, -0.2) is 19.2 Å². The first-order valence-electron chi connectivity index (χ1n) is 10.6. The summed E-state index contributed by atoms with van der Waals surface area (Å²) in [6.07, 6.45) is -2.79. The summed E-state index contributed by atoms with van der Waals surface area (Å²) in [5.74, 6) is -2.25. The van der Waals surface area contributed by atoms with Crippen LogP contribution in [0.2, 0.25) is 0 Å². The summed E-state index contributed by atoms with van der Waals surface area (Å²) >= 11 is 1.61. The molecule has 0 aliphatic carbocycles. The molecule has 3 heterocycles. The van der Waals surface area contributed by atoms with E-state index in [2.05, 4.69) is 49.3 Å². The number of thiazole rings is 1. The Bertz CT molecular complexity index is 1290. The maximum absolute atomic E-state index is 12.8. The second-order valence-corrected chi connectivity index (χ2v) is 11.2. The molecule has 182 valence electrons. The van der Waals surface area contributed by atoms with Gasteiger partial charge < -0.3 is 4.90 Å². The molecule has 0 bridgehead atoms. The fraction of sp³-hybridized carbons (Fsp3) is 0.429. The van der Waals surface area contributed by atoms with Crippen molar-refractivity contribution >= 4 is 43.1 Å². The van der Waals surface area contributed by atoms with Crippen molar-refractivity contribution in [1.82, 2.24) is 19.9 Å². The highest BCUT2D eigenvalue weighted by molar-refractivity contribution is 7.93. The Hall–Kier alpha value is -2.64. The van der Waals surface area contributed by atoms with E-state index in [0.717, 1.165) is 23.3 Å². The van der Waals surface area contributed by atoms with E-state index in [1.54, 1.807) is 11.3 Å².